The van der Waals surface area contributed by atoms with Crippen LogP contribution in [0.4, 0.5) is 0 Å². The van der Waals surface area contributed by atoms with Crippen LogP contribution in [-0.2, 0) is 24.2 Å². The molecule has 0 N–H and O–H groups in total. The molecule has 2 aliphatic rings. The maximum atomic E-state index is 12.4. The van der Waals surface area contributed by atoms with Gasteiger partial charge >= 0.3 is 5.97 Å². The Morgan fingerprint density at radius 3 is 2.62 bits per heavy atom. The van der Waals surface area contributed by atoms with E-state index in [-0.39, 0.29) is 18.1 Å². The molecule has 3 rings (SSSR count). The Labute approximate surface area is 151 Å². The average Bonchev–Trinajstić information content (AvgIpc) is 2.99. The molecule has 0 aliphatic carbocycles. The quantitative estimate of drug-likeness (QED) is 0.694. The molecule has 0 spiro atoms. The second kappa shape index (κ2) is 7.14. The fraction of sp³-hybridized carbons (Fsp3) is 0.529. The van der Waals surface area contributed by atoms with Crippen molar-refractivity contribution in [1.82, 2.24) is 4.90 Å². The van der Waals surface area contributed by atoms with Gasteiger partial charge in [0.1, 0.15) is 6.61 Å². The molecule has 0 radical (unpaired) electrons. The van der Waals surface area contributed by atoms with Gasteiger partial charge in [0.15, 0.2) is 27.4 Å². The summed E-state index contributed by atoms with van der Waals surface area (Å²) < 4.78 is 39.4. The summed E-state index contributed by atoms with van der Waals surface area (Å²) in [5.74, 6) is -0.163. The Morgan fingerprint density at radius 1 is 1.27 bits per heavy atom. The Kier molecular flexibility index (Phi) is 5.08. The zero-order chi connectivity index (χ0) is 18.9. The Balaban J connectivity index is 1.56. The van der Waals surface area contributed by atoms with Crippen molar-refractivity contribution in [3.8, 4) is 11.5 Å². The van der Waals surface area contributed by atoms with E-state index in [1.807, 2.05) is 0 Å². The Hall–Kier alpha value is -2.29. The number of nitrogens with zero attached hydrogens (tertiary/aromatic N) is 1. The van der Waals surface area contributed by atoms with Crippen LogP contribution >= 0.6 is 0 Å². The van der Waals surface area contributed by atoms with Crippen LogP contribution in [0.5, 0.6) is 11.5 Å². The van der Waals surface area contributed by atoms with Gasteiger partial charge in [-0.1, -0.05) is 12.1 Å². The fourth-order valence-electron chi connectivity index (χ4n) is 2.98. The van der Waals surface area contributed by atoms with Crippen molar-refractivity contribution in [3.63, 3.8) is 0 Å². The fourth-order valence-corrected chi connectivity index (χ4v) is 4.76. The van der Waals surface area contributed by atoms with E-state index in [9.17, 15) is 18.0 Å². The molecule has 9 heteroatoms. The summed E-state index contributed by atoms with van der Waals surface area (Å²) in [5, 5.41) is 0. The molecule has 8 nitrogen and oxygen atoms in total. The van der Waals surface area contributed by atoms with Crippen molar-refractivity contribution in [2.45, 2.75) is 31.6 Å². The highest BCUT2D eigenvalue weighted by Gasteiger charge is 2.36. The molecule has 1 amide bonds. The van der Waals surface area contributed by atoms with Crippen molar-refractivity contribution < 1.29 is 32.2 Å². The lowest BCUT2D eigenvalue weighted by molar-refractivity contribution is -0.166. The first-order valence-electron chi connectivity index (χ1n) is 8.33. The van der Waals surface area contributed by atoms with E-state index in [0.717, 1.165) is 0 Å². The normalized spacial score (nSPS) is 24.5. The highest BCUT2D eigenvalue weighted by Crippen LogP contribution is 2.31. The van der Waals surface area contributed by atoms with Crippen LogP contribution in [0.25, 0.3) is 0 Å². The molecule has 1 aromatic carbocycles. The second-order valence-electron chi connectivity index (χ2n) is 6.45. The van der Waals surface area contributed by atoms with Crippen molar-refractivity contribution in [2.24, 2.45) is 0 Å². The van der Waals surface area contributed by atoms with Crippen molar-refractivity contribution in [1.29, 1.82) is 0 Å². The molecule has 1 saturated heterocycles. The molecule has 0 unspecified atom stereocenters. The summed E-state index contributed by atoms with van der Waals surface area (Å²) in [6.07, 6.45) is -1.62. The number of sulfone groups is 1. The molecule has 142 valence electrons. The van der Waals surface area contributed by atoms with Gasteiger partial charge in [0.2, 0.25) is 6.10 Å². The largest absolute Gasteiger partial charge is 0.485 e. The number of hydrogen-bond acceptors (Lipinski definition) is 7. The van der Waals surface area contributed by atoms with Gasteiger partial charge in [-0.05, 0) is 25.5 Å². The third kappa shape index (κ3) is 3.92. The highest BCUT2D eigenvalue weighted by atomic mass is 32.2. The smallest absolute Gasteiger partial charge is 0.351 e. The summed E-state index contributed by atoms with van der Waals surface area (Å²) in [5.41, 5.74) is 0. The van der Waals surface area contributed by atoms with Gasteiger partial charge in [-0.15, -0.1) is 0 Å². The number of amides is 1. The monoisotopic (exact) mass is 383 g/mol. The van der Waals surface area contributed by atoms with Gasteiger partial charge in [-0.25, -0.2) is 13.2 Å². The molecule has 1 fully saturated rings. The lowest BCUT2D eigenvalue weighted by Gasteiger charge is -2.28. The number of benzene rings is 1. The lowest BCUT2D eigenvalue weighted by atomic mass is 10.2. The van der Waals surface area contributed by atoms with Crippen LogP contribution in [0.2, 0.25) is 0 Å². The standard InChI is InChI=1S/C17H21NO7S/c1-11(16(19)18(2)12-7-8-26(21,22)10-12)24-17(20)15-9-23-13-5-3-4-6-14(13)25-15/h3-6,11-12,15H,7-10H2,1-2H3/t11-,12-,15+/m1/s1. The molecular formula is C17H21NO7S. The van der Waals surface area contributed by atoms with Gasteiger partial charge in [0, 0.05) is 13.1 Å². The van der Waals surface area contributed by atoms with E-state index in [0.29, 0.717) is 17.9 Å². The number of esters is 1. The van der Waals surface area contributed by atoms with Gasteiger partial charge < -0.3 is 19.1 Å². The number of fused-ring (bicyclic) bond motifs is 1. The first-order valence-corrected chi connectivity index (χ1v) is 10.1. The van der Waals surface area contributed by atoms with Crippen molar-refractivity contribution in [3.05, 3.63) is 24.3 Å². The number of likely N-dealkylation sites (N-methyl/N-ethyl adjacent to an activating group) is 1. The zero-order valence-electron chi connectivity index (χ0n) is 14.6. The topological polar surface area (TPSA) is 99.2 Å². The van der Waals surface area contributed by atoms with E-state index < -0.39 is 40.0 Å². The predicted octanol–water partition coefficient (Wildman–Crippen LogP) is 0.404. The molecule has 1 aromatic rings. The molecule has 3 atom stereocenters. The average molecular weight is 383 g/mol. The zero-order valence-corrected chi connectivity index (χ0v) is 15.4. The van der Waals surface area contributed by atoms with Gasteiger partial charge in [0.05, 0.1) is 11.5 Å². The first-order chi connectivity index (χ1) is 12.3. The minimum absolute atomic E-state index is 0.00648. The van der Waals surface area contributed by atoms with Crippen LogP contribution in [0, 0.1) is 0 Å². The molecular weight excluding hydrogens is 362 g/mol. The number of carbonyl (C=O) groups is 2. The van der Waals surface area contributed by atoms with Crippen LogP contribution in [0.1, 0.15) is 13.3 Å². The summed E-state index contributed by atoms with van der Waals surface area (Å²) >= 11 is 0. The van der Waals surface area contributed by atoms with E-state index >= 15 is 0 Å². The maximum Gasteiger partial charge on any atom is 0.351 e. The molecule has 0 bridgehead atoms. The van der Waals surface area contributed by atoms with Crippen LogP contribution in [0.15, 0.2) is 24.3 Å². The van der Waals surface area contributed by atoms with E-state index in [1.54, 1.807) is 24.3 Å². The third-order valence-corrected chi connectivity index (χ3v) is 6.27. The summed E-state index contributed by atoms with van der Waals surface area (Å²) in [7, 11) is -1.58. The number of para-hydroxylation sites is 2. The predicted molar refractivity (Wildman–Crippen MR) is 91.7 cm³/mol. The van der Waals surface area contributed by atoms with Gasteiger partial charge in [0.25, 0.3) is 5.91 Å². The molecule has 2 heterocycles. The SMILES string of the molecule is C[C@@H](OC(=O)[C@@H]1COc2ccccc2O1)C(=O)N(C)[C@@H]1CCS(=O)(=O)C1. The second-order valence-corrected chi connectivity index (χ2v) is 8.68. The van der Waals surface area contributed by atoms with Crippen LogP contribution in [0.3, 0.4) is 0 Å². The number of rotatable bonds is 4. The molecule has 2 aliphatic heterocycles. The lowest BCUT2D eigenvalue weighted by Crippen LogP contribution is -2.46. The number of carbonyl (C=O) groups excluding carboxylic acids is 2. The Bertz CT molecular complexity index is 807. The summed E-state index contributed by atoms with van der Waals surface area (Å²) in [4.78, 5) is 26.1. The van der Waals surface area contributed by atoms with E-state index in [1.165, 1.54) is 18.9 Å². The minimum atomic E-state index is -3.11. The van der Waals surface area contributed by atoms with Crippen molar-refractivity contribution >= 4 is 21.7 Å². The minimum Gasteiger partial charge on any atom is -0.485 e. The van der Waals surface area contributed by atoms with Crippen LogP contribution in [-0.4, -0.2) is 68.6 Å². The number of hydrogen-bond donors (Lipinski definition) is 0. The first kappa shape index (κ1) is 18.5. The molecule has 0 saturated carbocycles. The summed E-state index contributed by atoms with van der Waals surface area (Å²) in [6.45, 7) is 1.45. The van der Waals surface area contributed by atoms with Crippen LogP contribution < -0.4 is 9.47 Å². The Morgan fingerprint density at radius 2 is 1.96 bits per heavy atom. The maximum absolute atomic E-state index is 12.4. The third-order valence-electron chi connectivity index (χ3n) is 4.52. The summed E-state index contributed by atoms with van der Waals surface area (Å²) in [6, 6.07) is 6.56. The van der Waals surface area contributed by atoms with Gasteiger partial charge in [-0.3, -0.25) is 4.79 Å². The van der Waals surface area contributed by atoms with E-state index in [2.05, 4.69) is 0 Å². The van der Waals surface area contributed by atoms with E-state index in [4.69, 9.17) is 14.2 Å². The highest BCUT2D eigenvalue weighted by molar-refractivity contribution is 7.91. The van der Waals surface area contributed by atoms with Gasteiger partial charge in [-0.2, -0.15) is 0 Å². The molecule has 0 aromatic heterocycles. The number of ether oxygens (including phenoxy) is 3. The van der Waals surface area contributed by atoms with Crippen molar-refractivity contribution in [2.75, 3.05) is 25.2 Å². The molecule has 26 heavy (non-hydrogen) atoms.